The molecule has 0 amide bonds. The van der Waals surface area contributed by atoms with Crippen molar-refractivity contribution in [2.45, 2.75) is 52.2 Å². The number of pyridine rings is 1. The lowest BCUT2D eigenvalue weighted by atomic mass is 10.1. The lowest BCUT2D eigenvalue weighted by molar-refractivity contribution is 0.495. The molecule has 32 heavy (non-hydrogen) atoms. The van der Waals surface area contributed by atoms with Crippen LogP contribution in [-0.2, 0) is 26.6 Å². The summed E-state index contributed by atoms with van der Waals surface area (Å²) in [6.45, 7) is 6.37. The van der Waals surface area contributed by atoms with Crippen molar-refractivity contribution in [3.63, 3.8) is 0 Å². The van der Waals surface area contributed by atoms with Gasteiger partial charge in [-0.2, -0.15) is 4.98 Å². The van der Waals surface area contributed by atoms with E-state index in [9.17, 15) is 9.59 Å². The molecule has 1 fully saturated rings. The zero-order valence-electron chi connectivity index (χ0n) is 19.0. The molecule has 1 saturated heterocycles. The summed E-state index contributed by atoms with van der Waals surface area (Å²) in [6.07, 6.45) is 8.01. The molecule has 1 aliphatic rings. The van der Waals surface area contributed by atoms with Crippen LogP contribution in [0.1, 0.15) is 32.3 Å². The molecule has 3 aromatic heterocycles. The van der Waals surface area contributed by atoms with Crippen LogP contribution >= 0.6 is 0 Å². The molecule has 4 heterocycles. The van der Waals surface area contributed by atoms with Gasteiger partial charge in [0.15, 0.2) is 11.2 Å². The third-order valence-electron chi connectivity index (χ3n) is 6.01. The molecule has 0 saturated carbocycles. The second kappa shape index (κ2) is 9.12. The fraction of sp³-hybridized carbons (Fsp3) is 0.478. The van der Waals surface area contributed by atoms with Gasteiger partial charge in [-0.15, -0.1) is 0 Å². The van der Waals surface area contributed by atoms with Gasteiger partial charge in [0.05, 0.1) is 0 Å². The maximum atomic E-state index is 13.6. The molecule has 0 radical (unpaired) electrons. The highest BCUT2D eigenvalue weighted by molar-refractivity contribution is 5.74. The van der Waals surface area contributed by atoms with Gasteiger partial charge in [0.1, 0.15) is 0 Å². The third-order valence-corrected chi connectivity index (χ3v) is 6.01. The Balaban J connectivity index is 1.85. The molecule has 2 N–H and O–H groups in total. The van der Waals surface area contributed by atoms with Gasteiger partial charge in [0.2, 0.25) is 5.95 Å². The van der Waals surface area contributed by atoms with Gasteiger partial charge < -0.3 is 15.2 Å². The highest BCUT2D eigenvalue weighted by atomic mass is 16.2. The summed E-state index contributed by atoms with van der Waals surface area (Å²) in [7, 11) is 1.68. The Bertz CT molecular complexity index is 1250. The van der Waals surface area contributed by atoms with E-state index in [1.807, 2.05) is 30.5 Å². The fourth-order valence-electron chi connectivity index (χ4n) is 4.23. The number of aromatic nitrogens is 5. The summed E-state index contributed by atoms with van der Waals surface area (Å²) in [6, 6.07) is 3.86. The largest absolute Gasteiger partial charge is 0.341 e. The topological polar surface area (TPSA) is 104 Å². The first kappa shape index (κ1) is 22.0. The number of allylic oxidation sites excluding steroid dienone is 2. The van der Waals surface area contributed by atoms with E-state index in [0.29, 0.717) is 43.2 Å². The summed E-state index contributed by atoms with van der Waals surface area (Å²) < 4.78 is 4.73. The smallest absolute Gasteiger partial charge is 0.332 e. The predicted molar refractivity (Wildman–Crippen MR) is 126 cm³/mol. The maximum Gasteiger partial charge on any atom is 0.332 e. The fourth-order valence-corrected chi connectivity index (χ4v) is 4.23. The molecule has 1 aliphatic heterocycles. The molecule has 9 heteroatoms. The van der Waals surface area contributed by atoms with Crippen LogP contribution in [-0.4, -0.2) is 42.8 Å². The van der Waals surface area contributed by atoms with Crippen LogP contribution in [0.4, 0.5) is 5.95 Å². The summed E-state index contributed by atoms with van der Waals surface area (Å²) in [5, 5.41) is 0. The van der Waals surface area contributed by atoms with E-state index >= 15 is 0 Å². The second-order valence-corrected chi connectivity index (χ2v) is 8.73. The van der Waals surface area contributed by atoms with Crippen molar-refractivity contribution in [1.82, 2.24) is 23.7 Å². The van der Waals surface area contributed by atoms with Crippen molar-refractivity contribution in [3.05, 3.63) is 62.6 Å². The second-order valence-electron chi connectivity index (χ2n) is 8.73. The molecule has 9 nitrogen and oxygen atoms in total. The van der Waals surface area contributed by atoms with Crippen molar-refractivity contribution >= 4 is 17.1 Å². The number of aryl methyl sites for hydroxylation is 2. The molecule has 4 rings (SSSR count). The van der Waals surface area contributed by atoms with Crippen LogP contribution in [0, 0.1) is 0 Å². The molecule has 1 unspecified atom stereocenters. The highest BCUT2D eigenvalue weighted by Gasteiger charge is 2.26. The molecule has 1 atom stereocenters. The number of anilines is 1. The predicted octanol–water partition coefficient (Wildman–Crippen LogP) is 1.43. The molecule has 0 bridgehead atoms. The minimum atomic E-state index is -0.356. The van der Waals surface area contributed by atoms with Gasteiger partial charge in [-0.05, 0) is 50.8 Å². The first-order chi connectivity index (χ1) is 15.4. The Morgan fingerprint density at radius 2 is 1.97 bits per heavy atom. The van der Waals surface area contributed by atoms with Crippen molar-refractivity contribution in [3.8, 4) is 0 Å². The van der Waals surface area contributed by atoms with Crippen LogP contribution in [0.15, 0.2) is 45.8 Å². The minimum Gasteiger partial charge on any atom is -0.341 e. The molecule has 0 aromatic carbocycles. The van der Waals surface area contributed by atoms with Crippen LogP contribution in [0.5, 0.6) is 0 Å². The molecule has 0 aliphatic carbocycles. The molecule has 3 aromatic rings. The molecular weight excluding hydrogens is 406 g/mol. The summed E-state index contributed by atoms with van der Waals surface area (Å²) in [5.41, 5.74) is 8.59. The Morgan fingerprint density at radius 3 is 2.66 bits per heavy atom. The highest BCUT2D eigenvalue weighted by Crippen LogP contribution is 2.23. The number of fused-ring (bicyclic) bond motifs is 1. The van der Waals surface area contributed by atoms with Gasteiger partial charge in [0.25, 0.3) is 5.56 Å². The SMILES string of the molecule is CC(C)=CCn1c(N2CCCC(N)C2)nc2c1c(=O)n(CCc1ccncc1)c(=O)n2C. The zero-order chi connectivity index (χ0) is 22.8. The van der Waals surface area contributed by atoms with Crippen molar-refractivity contribution in [1.29, 1.82) is 0 Å². The summed E-state index contributed by atoms with van der Waals surface area (Å²) >= 11 is 0. The van der Waals surface area contributed by atoms with E-state index in [4.69, 9.17) is 10.7 Å². The van der Waals surface area contributed by atoms with Crippen LogP contribution in [0.3, 0.4) is 0 Å². The lowest BCUT2D eigenvalue weighted by Crippen LogP contribution is -2.44. The van der Waals surface area contributed by atoms with E-state index in [1.165, 1.54) is 9.13 Å². The lowest BCUT2D eigenvalue weighted by Gasteiger charge is -2.31. The molecule has 170 valence electrons. The van der Waals surface area contributed by atoms with E-state index in [-0.39, 0.29) is 17.3 Å². The number of hydrogen-bond donors (Lipinski definition) is 1. The van der Waals surface area contributed by atoms with E-state index in [2.05, 4.69) is 16.0 Å². The number of imidazole rings is 1. The average molecular weight is 438 g/mol. The van der Waals surface area contributed by atoms with E-state index < -0.39 is 0 Å². The van der Waals surface area contributed by atoms with E-state index in [1.54, 1.807) is 19.4 Å². The van der Waals surface area contributed by atoms with Gasteiger partial charge in [-0.1, -0.05) is 11.6 Å². The van der Waals surface area contributed by atoms with Gasteiger partial charge in [-0.25, -0.2) is 4.79 Å². The van der Waals surface area contributed by atoms with Crippen LogP contribution in [0.25, 0.3) is 11.2 Å². The quantitative estimate of drug-likeness (QED) is 0.585. The number of piperidine rings is 1. The monoisotopic (exact) mass is 437 g/mol. The zero-order valence-corrected chi connectivity index (χ0v) is 19.0. The van der Waals surface area contributed by atoms with Crippen molar-refractivity contribution in [2.24, 2.45) is 12.8 Å². The van der Waals surface area contributed by atoms with Crippen molar-refractivity contribution < 1.29 is 0 Å². The number of nitrogens with zero attached hydrogens (tertiary/aromatic N) is 6. The average Bonchev–Trinajstić information content (AvgIpc) is 3.17. The Morgan fingerprint density at radius 1 is 1.22 bits per heavy atom. The Kier molecular flexibility index (Phi) is 6.27. The van der Waals surface area contributed by atoms with E-state index in [0.717, 1.165) is 30.5 Å². The first-order valence-electron chi connectivity index (χ1n) is 11.1. The number of nitrogens with two attached hydrogens (primary N) is 1. The number of hydrogen-bond acceptors (Lipinski definition) is 6. The van der Waals surface area contributed by atoms with Gasteiger partial charge in [0, 0.05) is 51.7 Å². The molecule has 0 spiro atoms. The van der Waals surface area contributed by atoms with Crippen LogP contribution < -0.4 is 21.9 Å². The van der Waals surface area contributed by atoms with Gasteiger partial charge in [-0.3, -0.25) is 18.9 Å². The minimum absolute atomic E-state index is 0.0707. The summed E-state index contributed by atoms with van der Waals surface area (Å²) in [4.78, 5) is 37.6. The Hall–Kier alpha value is -3.20. The normalized spacial score (nSPS) is 16.5. The van der Waals surface area contributed by atoms with Gasteiger partial charge >= 0.3 is 5.69 Å². The van der Waals surface area contributed by atoms with Crippen LogP contribution in [0.2, 0.25) is 0 Å². The Labute approximate surface area is 186 Å². The maximum absolute atomic E-state index is 13.6. The number of rotatable bonds is 6. The third kappa shape index (κ3) is 4.25. The first-order valence-corrected chi connectivity index (χ1v) is 11.1. The standard InChI is InChI=1S/C23H31N7O2/c1-16(2)8-13-29-19-20(26-22(29)28-12-4-5-18(24)15-28)27(3)23(32)30(21(19)31)14-9-17-6-10-25-11-7-17/h6-8,10-11,18H,4-5,9,12-15,24H2,1-3H3. The molecular formula is C23H31N7O2. The van der Waals surface area contributed by atoms with Crippen molar-refractivity contribution in [2.75, 3.05) is 18.0 Å². The summed E-state index contributed by atoms with van der Waals surface area (Å²) in [5.74, 6) is 0.701.